The largest absolute Gasteiger partial charge is 0.127 e. The molecule has 16 heavy (non-hydrogen) atoms. The molecule has 0 aromatic heterocycles. The lowest BCUT2D eigenvalue weighted by Crippen LogP contribution is -2.25. The summed E-state index contributed by atoms with van der Waals surface area (Å²) in [5.41, 5.74) is 0.998. The molecule has 3 heteroatoms. The van der Waals surface area contributed by atoms with Crippen molar-refractivity contribution in [3.8, 4) is 0 Å². The van der Waals surface area contributed by atoms with Gasteiger partial charge in [0.1, 0.15) is 0 Å². The topological polar surface area (TPSA) is 0 Å². The highest BCUT2D eigenvalue weighted by molar-refractivity contribution is 8.05. The maximum Gasteiger partial charge on any atom is 0.0473 e. The Morgan fingerprint density at radius 3 is 1.75 bits per heavy atom. The van der Waals surface area contributed by atoms with E-state index in [0.29, 0.717) is 0 Å². The standard InChI is InChI=1S/C13H19S2Si/c1-7-5-9-10-6-8(2)15-12(10)13(16(3)4)11(9)14-7/h5-6,9-13H,1-4H3/t9-,10?,11?,12?,13?/m0/s1. The first-order chi connectivity index (χ1) is 7.58. The minimum atomic E-state index is -0.173. The number of rotatable bonds is 1. The number of hydrogen-bond acceptors (Lipinski definition) is 2. The lowest BCUT2D eigenvalue weighted by Gasteiger charge is -2.25. The van der Waals surface area contributed by atoms with Crippen molar-refractivity contribution in [2.75, 3.05) is 0 Å². The van der Waals surface area contributed by atoms with Gasteiger partial charge in [0, 0.05) is 19.3 Å². The zero-order valence-electron chi connectivity index (χ0n) is 10.4. The molecule has 5 atom stereocenters. The summed E-state index contributed by atoms with van der Waals surface area (Å²) < 4.78 is 0. The van der Waals surface area contributed by atoms with Gasteiger partial charge in [-0.2, -0.15) is 0 Å². The lowest BCUT2D eigenvalue weighted by molar-refractivity contribution is 0.581. The third kappa shape index (κ3) is 1.58. The molecule has 2 aliphatic heterocycles. The van der Waals surface area contributed by atoms with Gasteiger partial charge in [-0.3, -0.25) is 0 Å². The molecule has 87 valence electrons. The van der Waals surface area contributed by atoms with Crippen LogP contribution >= 0.6 is 23.5 Å². The number of allylic oxidation sites excluding steroid dienone is 4. The quantitative estimate of drug-likeness (QED) is 0.646. The van der Waals surface area contributed by atoms with Crippen molar-refractivity contribution in [2.45, 2.75) is 43.0 Å². The summed E-state index contributed by atoms with van der Waals surface area (Å²) in [5, 5.41) is 1.83. The molecule has 0 nitrogen and oxygen atoms in total. The highest BCUT2D eigenvalue weighted by Gasteiger charge is 2.54. The molecule has 2 heterocycles. The first-order valence-electron chi connectivity index (χ1n) is 6.08. The van der Waals surface area contributed by atoms with Gasteiger partial charge < -0.3 is 0 Å². The van der Waals surface area contributed by atoms with E-state index in [2.05, 4.69) is 62.6 Å². The van der Waals surface area contributed by atoms with Crippen LogP contribution in [0.5, 0.6) is 0 Å². The van der Waals surface area contributed by atoms with Crippen LogP contribution in [0.1, 0.15) is 13.8 Å². The zero-order chi connectivity index (χ0) is 11.4. The van der Waals surface area contributed by atoms with Gasteiger partial charge in [0.25, 0.3) is 0 Å². The second kappa shape index (κ2) is 3.96. The van der Waals surface area contributed by atoms with E-state index in [0.717, 1.165) is 27.9 Å². The first kappa shape index (κ1) is 11.5. The van der Waals surface area contributed by atoms with Crippen molar-refractivity contribution in [2.24, 2.45) is 11.8 Å². The van der Waals surface area contributed by atoms with Gasteiger partial charge in [-0.1, -0.05) is 25.2 Å². The highest BCUT2D eigenvalue weighted by Crippen LogP contribution is 2.62. The van der Waals surface area contributed by atoms with E-state index in [1.54, 1.807) is 9.81 Å². The van der Waals surface area contributed by atoms with Gasteiger partial charge in [0.2, 0.25) is 0 Å². The summed E-state index contributed by atoms with van der Waals surface area (Å²) >= 11 is 4.35. The summed E-state index contributed by atoms with van der Waals surface area (Å²) in [4.78, 5) is 3.15. The molecule has 1 aliphatic carbocycles. The first-order valence-corrected chi connectivity index (χ1v) is 10.4. The van der Waals surface area contributed by atoms with Crippen LogP contribution in [-0.2, 0) is 0 Å². The SMILES string of the molecule is CC1=CC2C(S1)C([Si](C)C)C1SC(C)=C[C@@H]21. The highest BCUT2D eigenvalue weighted by atomic mass is 32.2. The van der Waals surface area contributed by atoms with Crippen molar-refractivity contribution >= 4 is 32.3 Å². The molecule has 0 amide bonds. The van der Waals surface area contributed by atoms with Crippen LogP contribution < -0.4 is 0 Å². The fourth-order valence-corrected chi connectivity index (χ4v) is 10.2. The van der Waals surface area contributed by atoms with Crippen molar-refractivity contribution in [1.29, 1.82) is 0 Å². The molecule has 0 aromatic rings. The molecule has 0 spiro atoms. The fourth-order valence-electron chi connectivity index (χ4n) is 3.53. The molecule has 0 saturated heterocycles. The monoisotopic (exact) mass is 267 g/mol. The number of hydrogen-bond donors (Lipinski definition) is 0. The van der Waals surface area contributed by atoms with E-state index in [4.69, 9.17) is 0 Å². The number of fused-ring (bicyclic) bond motifs is 3. The number of thioether (sulfide) groups is 2. The third-order valence-electron chi connectivity index (χ3n) is 4.08. The Morgan fingerprint density at radius 1 is 0.938 bits per heavy atom. The Balaban J connectivity index is 1.95. The average molecular weight is 268 g/mol. The summed E-state index contributed by atoms with van der Waals surface area (Å²) in [6, 6.07) is 0. The second-order valence-corrected chi connectivity index (χ2v) is 11.1. The maximum absolute atomic E-state index is 2.56. The van der Waals surface area contributed by atoms with Gasteiger partial charge in [0.05, 0.1) is 0 Å². The smallest absolute Gasteiger partial charge is 0.0473 e. The van der Waals surface area contributed by atoms with Gasteiger partial charge >= 0.3 is 0 Å². The van der Waals surface area contributed by atoms with E-state index >= 15 is 0 Å². The van der Waals surface area contributed by atoms with Crippen LogP contribution in [0, 0.1) is 11.8 Å². The van der Waals surface area contributed by atoms with Gasteiger partial charge in [0.15, 0.2) is 0 Å². The van der Waals surface area contributed by atoms with Crippen LogP contribution in [-0.4, -0.2) is 19.3 Å². The third-order valence-corrected chi connectivity index (χ3v) is 9.39. The average Bonchev–Trinajstić information content (AvgIpc) is 2.75. The zero-order valence-corrected chi connectivity index (χ0v) is 13.0. The molecule has 3 aliphatic rings. The summed E-state index contributed by atoms with van der Waals surface area (Å²) in [5.74, 6) is 1.70. The second-order valence-electron chi connectivity index (χ2n) is 5.48. The van der Waals surface area contributed by atoms with Gasteiger partial charge in [-0.25, -0.2) is 0 Å². The van der Waals surface area contributed by atoms with E-state index in [1.165, 1.54) is 0 Å². The Morgan fingerprint density at radius 2 is 1.38 bits per heavy atom. The molecular formula is C13H19S2Si. The van der Waals surface area contributed by atoms with Gasteiger partial charge in [-0.15, -0.1) is 23.5 Å². The van der Waals surface area contributed by atoms with E-state index in [9.17, 15) is 0 Å². The molecule has 0 bridgehead atoms. The van der Waals surface area contributed by atoms with Crippen molar-refractivity contribution < 1.29 is 0 Å². The molecule has 4 unspecified atom stereocenters. The Labute approximate surface area is 109 Å². The fraction of sp³-hybridized carbons (Fsp3) is 0.692. The molecule has 0 aromatic carbocycles. The summed E-state index contributed by atoms with van der Waals surface area (Å²) in [6.07, 6.45) is 5.13. The van der Waals surface area contributed by atoms with E-state index in [-0.39, 0.29) is 8.80 Å². The van der Waals surface area contributed by atoms with Gasteiger partial charge in [-0.05, 0) is 41.0 Å². The molecule has 3 rings (SSSR count). The summed E-state index contributed by atoms with van der Waals surface area (Å²) in [7, 11) is -0.173. The van der Waals surface area contributed by atoms with Crippen LogP contribution in [0.15, 0.2) is 22.0 Å². The van der Waals surface area contributed by atoms with Crippen molar-refractivity contribution in [1.82, 2.24) is 0 Å². The maximum atomic E-state index is 2.56. The van der Waals surface area contributed by atoms with Crippen LogP contribution in [0.25, 0.3) is 0 Å². The van der Waals surface area contributed by atoms with Crippen LogP contribution in [0.2, 0.25) is 18.6 Å². The minimum Gasteiger partial charge on any atom is -0.127 e. The predicted molar refractivity (Wildman–Crippen MR) is 78.5 cm³/mol. The summed E-state index contributed by atoms with van der Waals surface area (Å²) in [6.45, 7) is 9.62. The normalized spacial score (nSPS) is 45.7. The Hall–Kier alpha value is 0.397. The van der Waals surface area contributed by atoms with E-state index in [1.807, 2.05) is 0 Å². The van der Waals surface area contributed by atoms with Crippen LogP contribution in [0.4, 0.5) is 0 Å². The Bertz CT molecular complexity index is 340. The molecule has 0 N–H and O–H groups in total. The van der Waals surface area contributed by atoms with Crippen LogP contribution in [0.3, 0.4) is 0 Å². The van der Waals surface area contributed by atoms with Crippen molar-refractivity contribution in [3.05, 3.63) is 22.0 Å². The van der Waals surface area contributed by atoms with E-state index < -0.39 is 0 Å². The molecule has 1 fully saturated rings. The Kier molecular flexibility index (Phi) is 2.84. The lowest BCUT2D eigenvalue weighted by atomic mass is 9.95. The van der Waals surface area contributed by atoms with Crippen molar-refractivity contribution in [3.63, 3.8) is 0 Å². The molecule has 1 radical (unpaired) electrons. The predicted octanol–water partition coefficient (Wildman–Crippen LogP) is 4.40. The minimum absolute atomic E-state index is 0.173. The molecular weight excluding hydrogens is 248 g/mol. The molecule has 1 saturated carbocycles.